The fraction of sp³-hybridized carbons (Fsp3) is 0.471. The second-order valence-corrected chi connectivity index (χ2v) is 7.27. The van der Waals surface area contributed by atoms with Crippen LogP contribution < -0.4 is 0 Å². The van der Waals surface area contributed by atoms with E-state index < -0.39 is 18.6 Å². The summed E-state index contributed by atoms with van der Waals surface area (Å²) in [6.07, 6.45) is -1.06. The highest BCUT2D eigenvalue weighted by Crippen LogP contribution is 2.40. The average molecular weight is 369 g/mol. The molecule has 0 bridgehead atoms. The molecule has 0 unspecified atom stereocenters. The average Bonchev–Trinajstić information content (AvgIpc) is 3.29. The van der Waals surface area contributed by atoms with E-state index in [-0.39, 0.29) is 11.4 Å². The lowest BCUT2D eigenvalue weighted by molar-refractivity contribution is -0.139. The second-order valence-electron chi connectivity index (χ2n) is 6.27. The van der Waals surface area contributed by atoms with Gasteiger partial charge < -0.3 is 4.90 Å². The van der Waals surface area contributed by atoms with Crippen LogP contribution in [0.4, 0.5) is 13.2 Å². The Morgan fingerprint density at radius 3 is 2.60 bits per heavy atom. The number of aryl methyl sites for hydroxylation is 2. The zero-order valence-corrected chi connectivity index (χ0v) is 14.8. The molecule has 2 heterocycles. The molecular weight excluding hydrogens is 351 g/mol. The van der Waals surface area contributed by atoms with Crippen LogP contribution in [0.25, 0.3) is 10.2 Å². The number of hydrogen-bond donors (Lipinski definition) is 0. The van der Waals surface area contributed by atoms with E-state index in [2.05, 4.69) is 16.5 Å². The maximum Gasteiger partial charge on any atom is 0.406 e. The summed E-state index contributed by atoms with van der Waals surface area (Å²) in [6.45, 7) is 5.56. The molecule has 2 aromatic heterocycles. The number of rotatable bonds is 5. The predicted molar refractivity (Wildman–Crippen MR) is 91.0 cm³/mol. The van der Waals surface area contributed by atoms with Crippen molar-refractivity contribution in [2.24, 2.45) is 0 Å². The van der Waals surface area contributed by atoms with Gasteiger partial charge in [-0.1, -0.05) is 6.08 Å². The first-order chi connectivity index (χ1) is 11.7. The van der Waals surface area contributed by atoms with Gasteiger partial charge in [-0.25, -0.2) is 9.97 Å². The quantitative estimate of drug-likeness (QED) is 0.735. The van der Waals surface area contributed by atoms with Crippen molar-refractivity contribution in [3.8, 4) is 0 Å². The summed E-state index contributed by atoms with van der Waals surface area (Å²) in [4.78, 5) is 23.4. The maximum absolute atomic E-state index is 12.8. The van der Waals surface area contributed by atoms with Crippen LogP contribution in [0.3, 0.4) is 0 Å². The smallest absolute Gasteiger partial charge is 0.325 e. The summed E-state index contributed by atoms with van der Waals surface area (Å²) in [5.41, 5.74) is 1.41. The number of fused-ring (bicyclic) bond motifs is 1. The van der Waals surface area contributed by atoms with E-state index in [4.69, 9.17) is 0 Å². The second kappa shape index (κ2) is 6.40. The molecule has 0 atom stereocenters. The summed E-state index contributed by atoms with van der Waals surface area (Å²) in [5, 5.41) is 0.767. The van der Waals surface area contributed by atoms with Gasteiger partial charge in [-0.05, 0) is 32.3 Å². The Kier molecular flexibility index (Phi) is 4.57. The number of hydrogen-bond acceptors (Lipinski definition) is 4. The van der Waals surface area contributed by atoms with Crippen molar-refractivity contribution in [2.45, 2.75) is 38.8 Å². The molecule has 0 N–H and O–H groups in total. The van der Waals surface area contributed by atoms with Crippen LogP contribution in [-0.2, 0) is 0 Å². The van der Waals surface area contributed by atoms with Crippen LogP contribution in [0.5, 0.6) is 0 Å². The van der Waals surface area contributed by atoms with Crippen LogP contribution in [0.15, 0.2) is 12.7 Å². The summed E-state index contributed by atoms with van der Waals surface area (Å²) in [6, 6.07) is 0. The van der Waals surface area contributed by atoms with Crippen LogP contribution in [0, 0.1) is 13.8 Å². The predicted octanol–water partition coefficient (Wildman–Crippen LogP) is 4.38. The first-order valence-electron chi connectivity index (χ1n) is 7.96. The molecule has 1 fully saturated rings. The molecule has 0 saturated heterocycles. The fourth-order valence-electron chi connectivity index (χ4n) is 2.82. The SMILES string of the molecule is C=CCN(CC(F)(F)F)C(=O)c1sc2nc(C3CC3)nc(C)c2c1C. The molecule has 25 heavy (non-hydrogen) atoms. The number of amides is 1. The van der Waals surface area contributed by atoms with Crippen LogP contribution in [-0.4, -0.2) is 40.0 Å². The molecule has 4 nitrogen and oxygen atoms in total. The zero-order chi connectivity index (χ0) is 18.4. The van der Waals surface area contributed by atoms with Crippen molar-refractivity contribution in [3.05, 3.63) is 34.6 Å². The molecule has 1 aliphatic carbocycles. The fourth-order valence-corrected chi connectivity index (χ4v) is 4.03. The topological polar surface area (TPSA) is 46.1 Å². The van der Waals surface area contributed by atoms with E-state index in [0.717, 1.165) is 46.0 Å². The summed E-state index contributed by atoms with van der Waals surface area (Å²) in [7, 11) is 0. The number of nitrogens with zero attached hydrogens (tertiary/aromatic N) is 3. The molecule has 0 spiro atoms. The highest BCUT2D eigenvalue weighted by atomic mass is 32.1. The monoisotopic (exact) mass is 369 g/mol. The van der Waals surface area contributed by atoms with E-state index in [1.54, 1.807) is 6.92 Å². The lowest BCUT2D eigenvalue weighted by Crippen LogP contribution is -2.39. The third kappa shape index (κ3) is 3.68. The molecule has 8 heteroatoms. The van der Waals surface area contributed by atoms with Gasteiger partial charge in [-0.2, -0.15) is 13.2 Å². The first kappa shape index (κ1) is 17.8. The highest BCUT2D eigenvalue weighted by Gasteiger charge is 2.34. The van der Waals surface area contributed by atoms with Gasteiger partial charge in [0.2, 0.25) is 0 Å². The Bertz CT molecular complexity index is 840. The Morgan fingerprint density at radius 1 is 1.36 bits per heavy atom. The maximum atomic E-state index is 12.8. The highest BCUT2D eigenvalue weighted by molar-refractivity contribution is 7.20. The Balaban J connectivity index is 2.01. The molecule has 0 aromatic carbocycles. The standard InChI is InChI=1S/C17H18F3N3OS/c1-4-7-23(8-17(18,19)20)16(24)13-9(2)12-10(3)21-14(11-5-6-11)22-15(12)25-13/h4,11H,1,5-8H2,2-3H3. The van der Waals surface area contributed by atoms with Gasteiger partial charge in [0, 0.05) is 17.8 Å². The first-order valence-corrected chi connectivity index (χ1v) is 8.77. The van der Waals surface area contributed by atoms with Crippen molar-refractivity contribution in [1.82, 2.24) is 14.9 Å². The number of thiophene rings is 1. The number of alkyl halides is 3. The minimum atomic E-state index is -4.46. The molecule has 1 aliphatic rings. The van der Waals surface area contributed by atoms with Crippen LogP contribution in [0.2, 0.25) is 0 Å². The Hall–Kier alpha value is -1.96. The number of carbonyl (C=O) groups is 1. The lowest BCUT2D eigenvalue weighted by Gasteiger charge is -2.22. The van der Waals surface area contributed by atoms with Gasteiger partial charge in [0.05, 0.1) is 10.6 Å². The Morgan fingerprint density at radius 2 is 2.04 bits per heavy atom. The van der Waals surface area contributed by atoms with Crippen LogP contribution in [0.1, 0.15) is 45.5 Å². The molecule has 3 rings (SSSR count). The summed E-state index contributed by atoms with van der Waals surface area (Å²) < 4.78 is 38.3. The van der Waals surface area contributed by atoms with E-state index in [0.29, 0.717) is 16.3 Å². The van der Waals surface area contributed by atoms with Gasteiger partial charge in [0.1, 0.15) is 17.2 Å². The number of aromatic nitrogens is 2. The summed E-state index contributed by atoms with van der Waals surface area (Å²) >= 11 is 1.14. The normalized spacial score (nSPS) is 14.8. The number of halogens is 3. The summed E-state index contributed by atoms with van der Waals surface area (Å²) in [5.74, 6) is 0.487. The number of carbonyl (C=O) groups excluding carboxylic acids is 1. The minimum Gasteiger partial charge on any atom is -0.325 e. The van der Waals surface area contributed by atoms with E-state index in [1.807, 2.05) is 6.92 Å². The molecular formula is C17H18F3N3OS. The molecule has 134 valence electrons. The van der Waals surface area contributed by atoms with Gasteiger partial charge >= 0.3 is 6.18 Å². The lowest BCUT2D eigenvalue weighted by atomic mass is 10.1. The molecule has 1 saturated carbocycles. The van der Waals surface area contributed by atoms with Gasteiger partial charge in [-0.15, -0.1) is 17.9 Å². The minimum absolute atomic E-state index is 0.163. The molecule has 0 aliphatic heterocycles. The van der Waals surface area contributed by atoms with Gasteiger partial charge in [0.15, 0.2) is 0 Å². The van der Waals surface area contributed by atoms with E-state index in [1.165, 1.54) is 6.08 Å². The van der Waals surface area contributed by atoms with Gasteiger partial charge in [-0.3, -0.25) is 4.79 Å². The molecule has 0 radical (unpaired) electrons. The van der Waals surface area contributed by atoms with Crippen LogP contribution >= 0.6 is 11.3 Å². The largest absolute Gasteiger partial charge is 0.406 e. The van der Waals surface area contributed by atoms with Crippen molar-refractivity contribution < 1.29 is 18.0 Å². The van der Waals surface area contributed by atoms with Crippen molar-refractivity contribution >= 4 is 27.5 Å². The third-order valence-corrected chi connectivity index (χ3v) is 5.31. The zero-order valence-electron chi connectivity index (χ0n) is 14.0. The van der Waals surface area contributed by atoms with Crippen molar-refractivity contribution in [3.63, 3.8) is 0 Å². The molecule has 1 amide bonds. The third-order valence-electron chi connectivity index (χ3n) is 4.13. The Labute approximate surface area is 147 Å². The van der Waals surface area contributed by atoms with Crippen molar-refractivity contribution in [2.75, 3.05) is 13.1 Å². The molecule has 2 aromatic rings. The van der Waals surface area contributed by atoms with E-state index in [9.17, 15) is 18.0 Å². The van der Waals surface area contributed by atoms with E-state index >= 15 is 0 Å². The van der Waals surface area contributed by atoms with Gasteiger partial charge in [0.25, 0.3) is 5.91 Å². The van der Waals surface area contributed by atoms with Crippen molar-refractivity contribution in [1.29, 1.82) is 0 Å².